The van der Waals surface area contributed by atoms with E-state index < -0.39 is 15.7 Å². The van der Waals surface area contributed by atoms with Crippen LogP contribution in [0.5, 0.6) is 0 Å². The van der Waals surface area contributed by atoms with Gasteiger partial charge in [-0.05, 0) is 44.4 Å². The Morgan fingerprint density at radius 1 is 1.50 bits per heavy atom. The number of fused-ring (bicyclic) bond motifs is 2. The smallest absolute Gasteiger partial charge is 0.260 e. The van der Waals surface area contributed by atoms with Gasteiger partial charge in [0, 0.05) is 0 Å². The summed E-state index contributed by atoms with van der Waals surface area (Å²) >= 11 is 0. The second kappa shape index (κ2) is 3.07. The minimum absolute atomic E-state index is 0.419. The van der Waals surface area contributed by atoms with Gasteiger partial charge in [0.2, 0.25) is 0 Å². The maximum absolute atomic E-state index is 11.3. The molecule has 0 saturated heterocycles. The molecule has 0 amide bonds. The first-order chi connectivity index (χ1) is 6.45. The molecule has 0 aromatic heterocycles. The van der Waals surface area contributed by atoms with Crippen LogP contribution in [-0.4, -0.2) is 14.0 Å². The molecule has 0 spiro atoms. The average Bonchev–Trinajstić information content (AvgIpc) is 2.61. The Balaban J connectivity index is 2.15. The topological polar surface area (TPSA) is 43.4 Å². The maximum Gasteiger partial charge on any atom is 0.290 e. The van der Waals surface area contributed by atoms with Gasteiger partial charge in [0.05, 0.1) is 11.0 Å². The minimum Gasteiger partial charge on any atom is -0.260 e. The van der Waals surface area contributed by atoms with Gasteiger partial charge in [-0.3, -0.25) is 4.18 Å². The number of hydrogen-bond acceptors (Lipinski definition) is 3. The molecule has 0 N–H and O–H groups in total. The zero-order valence-electron chi connectivity index (χ0n) is 8.40. The SMILES string of the molecule is C=CS(=O)(=O)OC1(C)CC2CCC1C2. The summed E-state index contributed by atoms with van der Waals surface area (Å²) in [7, 11) is -3.52. The van der Waals surface area contributed by atoms with Crippen molar-refractivity contribution in [2.45, 2.75) is 38.2 Å². The lowest BCUT2D eigenvalue weighted by atomic mass is 9.86. The lowest BCUT2D eigenvalue weighted by molar-refractivity contribution is 0.0400. The molecule has 0 heterocycles. The molecule has 3 unspecified atom stereocenters. The molecule has 0 radical (unpaired) electrons. The zero-order valence-corrected chi connectivity index (χ0v) is 9.22. The Labute approximate surface area is 85.3 Å². The molecule has 0 aromatic rings. The molecule has 0 aliphatic heterocycles. The lowest BCUT2D eigenvalue weighted by Crippen LogP contribution is -2.36. The normalized spacial score (nSPS) is 41.5. The Kier molecular flexibility index (Phi) is 2.23. The predicted molar refractivity (Wildman–Crippen MR) is 54.1 cm³/mol. The van der Waals surface area contributed by atoms with E-state index in [2.05, 4.69) is 6.58 Å². The van der Waals surface area contributed by atoms with Gasteiger partial charge in [0.15, 0.2) is 0 Å². The van der Waals surface area contributed by atoms with Crippen LogP contribution in [0.2, 0.25) is 0 Å². The van der Waals surface area contributed by atoms with Gasteiger partial charge in [-0.25, -0.2) is 0 Å². The van der Waals surface area contributed by atoms with Crippen molar-refractivity contribution in [1.29, 1.82) is 0 Å². The standard InChI is InChI=1S/C10H16O3S/c1-3-14(11,12)13-10(2)7-8-4-5-9(10)6-8/h3,8-9H,1,4-7H2,2H3. The van der Waals surface area contributed by atoms with E-state index in [1.54, 1.807) is 0 Å². The first kappa shape index (κ1) is 10.2. The van der Waals surface area contributed by atoms with Gasteiger partial charge in [0.1, 0.15) is 0 Å². The van der Waals surface area contributed by atoms with E-state index in [4.69, 9.17) is 4.18 Å². The molecule has 3 atom stereocenters. The van der Waals surface area contributed by atoms with E-state index in [0.717, 1.165) is 24.7 Å². The molecular formula is C10H16O3S. The highest BCUT2D eigenvalue weighted by Crippen LogP contribution is 2.52. The van der Waals surface area contributed by atoms with Crippen molar-refractivity contribution in [3.8, 4) is 0 Å². The second-order valence-electron chi connectivity index (χ2n) is 4.64. The summed E-state index contributed by atoms with van der Waals surface area (Å²) in [5.41, 5.74) is -0.462. The molecule has 2 aliphatic rings. The summed E-state index contributed by atoms with van der Waals surface area (Å²) in [6, 6.07) is 0. The summed E-state index contributed by atoms with van der Waals surface area (Å²) in [6.45, 7) is 5.17. The third kappa shape index (κ3) is 1.61. The lowest BCUT2D eigenvalue weighted by Gasteiger charge is -2.32. The van der Waals surface area contributed by atoms with Gasteiger partial charge < -0.3 is 0 Å². The molecule has 2 saturated carbocycles. The van der Waals surface area contributed by atoms with Crippen LogP contribution in [0.4, 0.5) is 0 Å². The van der Waals surface area contributed by atoms with Crippen molar-refractivity contribution in [3.05, 3.63) is 12.0 Å². The molecular weight excluding hydrogens is 200 g/mol. The first-order valence-corrected chi connectivity index (χ1v) is 6.50. The van der Waals surface area contributed by atoms with E-state index in [9.17, 15) is 8.42 Å². The minimum atomic E-state index is -3.52. The summed E-state index contributed by atoms with van der Waals surface area (Å²) in [5, 5.41) is 0.893. The predicted octanol–water partition coefficient (Wildman–Crippen LogP) is 2.06. The van der Waals surface area contributed by atoms with Crippen molar-refractivity contribution in [3.63, 3.8) is 0 Å². The van der Waals surface area contributed by atoms with Gasteiger partial charge in [-0.1, -0.05) is 6.58 Å². The van der Waals surface area contributed by atoms with Crippen LogP contribution >= 0.6 is 0 Å². The highest BCUT2D eigenvalue weighted by atomic mass is 32.2. The second-order valence-corrected chi connectivity index (χ2v) is 6.12. The number of hydrogen-bond donors (Lipinski definition) is 0. The Hall–Kier alpha value is -0.350. The van der Waals surface area contributed by atoms with Gasteiger partial charge in [0.25, 0.3) is 10.1 Å². The van der Waals surface area contributed by atoms with Gasteiger partial charge in [-0.15, -0.1) is 0 Å². The van der Waals surface area contributed by atoms with E-state index in [1.165, 1.54) is 6.42 Å². The summed E-state index contributed by atoms with van der Waals surface area (Å²) in [6.07, 6.45) is 4.35. The van der Waals surface area contributed by atoms with Crippen molar-refractivity contribution >= 4 is 10.1 Å². The Morgan fingerprint density at radius 2 is 2.21 bits per heavy atom. The fourth-order valence-electron chi connectivity index (χ4n) is 2.96. The largest absolute Gasteiger partial charge is 0.290 e. The monoisotopic (exact) mass is 216 g/mol. The van der Waals surface area contributed by atoms with Crippen molar-refractivity contribution in [2.24, 2.45) is 11.8 Å². The van der Waals surface area contributed by atoms with Gasteiger partial charge in [-0.2, -0.15) is 8.42 Å². The van der Waals surface area contributed by atoms with E-state index in [1.807, 2.05) is 6.92 Å². The molecule has 2 rings (SSSR count). The highest BCUT2D eigenvalue weighted by molar-refractivity contribution is 7.89. The summed E-state index contributed by atoms with van der Waals surface area (Å²) in [4.78, 5) is 0. The van der Waals surface area contributed by atoms with Crippen molar-refractivity contribution in [2.75, 3.05) is 0 Å². The van der Waals surface area contributed by atoms with Crippen LogP contribution in [0, 0.1) is 11.8 Å². The van der Waals surface area contributed by atoms with E-state index in [-0.39, 0.29) is 0 Å². The molecule has 80 valence electrons. The third-order valence-corrected chi connectivity index (χ3v) is 4.63. The van der Waals surface area contributed by atoms with Crippen molar-refractivity contribution < 1.29 is 12.6 Å². The van der Waals surface area contributed by atoms with E-state index >= 15 is 0 Å². The quantitative estimate of drug-likeness (QED) is 0.678. The first-order valence-electron chi connectivity index (χ1n) is 5.03. The maximum atomic E-state index is 11.3. The van der Waals surface area contributed by atoms with Gasteiger partial charge >= 0.3 is 0 Å². The summed E-state index contributed by atoms with van der Waals surface area (Å²) < 4.78 is 27.8. The zero-order chi connectivity index (χ0) is 10.4. The van der Waals surface area contributed by atoms with Crippen LogP contribution < -0.4 is 0 Å². The fourth-order valence-corrected chi connectivity index (χ4v) is 3.76. The number of rotatable bonds is 3. The Morgan fingerprint density at radius 3 is 2.64 bits per heavy atom. The summed E-state index contributed by atoms with van der Waals surface area (Å²) in [5.74, 6) is 1.09. The van der Waals surface area contributed by atoms with Crippen LogP contribution in [-0.2, 0) is 14.3 Å². The highest BCUT2D eigenvalue weighted by Gasteiger charge is 2.50. The van der Waals surface area contributed by atoms with Crippen LogP contribution in [0.15, 0.2) is 12.0 Å². The average molecular weight is 216 g/mol. The van der Waals surface area contributed by atoms with Crippen molar-refractivity contribution in [1.82, 2.24) is 0 Å². The third-order valence-electron chi connectivity index (χ3n) is 3.61. The van der Waals surface area contributed by atoms with Crippen LogP contribution in [0.1, 0.15) is 32.6 Å². The molecule has 4 heteroatoms. The molecule has 2 bridgehead atoms. The molecule has 14 heavy (non-hydrogen) atoms. The molecule has 2 fully saturated rings. The molecule has 2 aliphatic carbocycles. The fraction of sp³-hybridized carbons (Fsp3) is 0.800. The van der Waals surface area contributed by atoms with Crippen LogP contribution in [0.3, 0.4) is 0 Å². The van der Waals surface area contributed by atoms with E-state index in [0.29, 0.717) is 11.8 Å². The van der Waals surface area contributed by atoms with Crippen LogP contribution in [0.25, 0.3) is 0 Å². The molecule has 0 aromatic carbocycles. The molecule has 3 nitrogen and oxygen atoms in total. The Bertz CT molecular complexity index is 346.